The monoisotopic (exact) mass is 260 g/mol. The lowest BCUT2D eigenvalue weighted by atomic mass is 10.0. The normalized spacial score (nSPS) is 22.4. The average molecular weight is 261 g/mol. The second-order valence-corrected chi connectivity index (χ2v) is 5.37. The van der Waals surface area contributed by atoms with Crippen LogP contribution in [0.15, 0.2) is 0 Å². The molecule has 0 spiro atoms. The van der Waals surface area contributed by atoms with E-state index < -0.39 is 0 Å². The molecule has 2 heterocycles. The predicted octanol–water partition coefficient (Wildman–Crippen LogP) is 1.82. The van der Waals surface area contributed by atoms with Crippen LogP contribution in [-0.4, -0.2) is 35.6 Å². The standard InChI is InChI=1S/C10H13ClN2O2S/c1-6(15)7-2-3-13(4-7)10-12-9(11)8(5-14)16-10/h5-7,15H,2-4H2,1H3. The van der Waals surface area contributed by atoms with Crippen molar-refractivity contribution in [3.05, 3.63) is 10.0 Å². The molecule has 1 aromatic rings. The lowest BCUT2D eigenvalue weighted by Crippen LogP contribution is -2.23. The van der Waals surface area contributed by atoms with Crippen LogP contribution in [0.4, 0.5) is 5.13 Å². The van der Waals surface area contributed by atoms with Gasteiger partial charge in [-0.3, -0.25) is 4.79 Å². The fraction of sp³-hybridized carbons (Fsp3) is 0.600. The van der Waals surface area contributed by atoms with E-state index in [0.717, 1.165) is 30.9 Å². The van der Waals surface area contributed by atoms with Crippen molar-refractivity contribution in [1.29, 1.82) is 0 Å². The molecule has 2 atom stereocenters. The Hall–Kier alpha value is -0.650. The number of aliphatic hydroxyl groups is 1. The molecule has 0 bridgehead atoms. The van der Waals surface area contributed by atoms with Gasteiger partial charge in [0.1, 0.15) is 4.88 Å². The summed E-state index contributed by atoms with van der Waals surface area (Å²) in [6, 6.07) is 0. The topological polar surface area (TPSA) is 53.4 Å². The molecule has 1 aliphatic rings. The molecule has 2 rings (SSSR count). The number of aromatic nitrogens is 1. The van der Waals surface area contributed by atoms with Gasteiger partial charge in [0, 0.05) is 19.0 Å². The van der Waals surface area contributed by atoms with E-state index in [4.69, 9.17) is 11.6 Å². The quantitative estimate of drug-likeness (QED) is 0.843. The number of carbonyl (C=O) groups excluding carboxylic acids is 1. The Labute approximate surface area is 103 Å². The highest BCUT2D eigenvalue weighted by Gasteiger charge is 2.28. The van der Waals surface area contributed by atoms with E-state index in [1.54, 1.807) is 6.92 Å². The minimum atomic E-state index is -0.300. The Morgan fingerprint density at radius 3 is 3.00 bits per heavy atom. The summed E-state index contributed by atoms with van der Waals surface area (Å²) < 4.78 is 0. The Bertz CT molecular complexity index is 394. The summed E-state index contributed by atoms with van der Waals surface area (Å²) in [7, 11) is 0. The maximum Gasteiger partial charge on any atom is 0.187 e. The largest absolute Gasteiger partial charge is 0.393 e. The molecule has 88 valence electrons. The van der Waals surface area contributed by atoms with E-state index in [-0.39, 0.29) is 17.2 Å². The fourth-order valence-corrected chi connectivity index (χ4v) is 2.96. The maximum absolute atomic E-state index is 10.7. The molecule has 1 saturated heterocycles. The second-order valence-electron chi connectivity index (χ2n) is 4.00. The van der Waals surface area contributed by atoms with Gasteiger partial charge >= 0.3 is 0 Å². The molecule has 6 heteroatoms. The fourth-order valence-electron chi connectivity index (χ4n) is 1.87. The lowest BCUT2D eigenvalue weighted by molar-refractivity contribution is 0.112. The van der Waals surface area contributed by atoms with Crippen molar-refractivity contribution < 1.29 is 9.90 Å². The number of hydrogen-bond donors (Lipinski definition) is 1. The van der Waals surface area contributed by atoms with Crippen LogP contribution < -0.4 is 4.90 Å². The molecule has 0 radical (unpaired) electrons. The zero-order chi connectivity index (χ0) is 11.7. The first-order chi connectivity index (χ1) is 7.61. The molecular weight excluding hydrogens is 248 g/mol. The molecule has 16 heavy (non-hydrogen) atoms. The van der Waals surface area contributed by atoms with Crippen molar-refractivity contribution >= 4 is 34.4 Å². The van der Waals surface area contributed by atoms with Gasteiger partial charge in [-0.15, -0.1) is 0 Å². The Morgan fingerprint density at radius 2 is 2.50 bits per heavy atom. The number of thiazole rings is 1. The number of rotatable bonds is 3. The van der Waals surface area contributed by atoms with Gasteiger partial charge < -0.3 is 10.0 Å². The molecule has 2 unspecified atom stereocenters. The van der Waals surface area contributed by atoms with Crippen molar-refractivity contribution in [2.24, 2.45) is 5.92 Å². The lowest BCUT2D eigenvalue weighted by Gasteiger charge is -2.16. The molecular formula is C10H13ClN2O2S. The zero-order valence-electron chi connectivity index (χ0n) is 8.89. The summed E-state index contributed by atoms with van der Waals surface area (Å²) in [6.45, 7) is 3.44. The van der Waals surface area contributed by atoms with Crippen molar-refractivity contribution in [2.75, 3.05) is 18.0 Å². The summed E-state index contributed by atoms with van der Waals surface area (Å²) in [6.07, 6.45) is 1.38. The number of anilines is 1. The number of aliphatic hydroxyl groups excluding tert-OH is 1. The maximum atomic E-state index is 10.7. The second kappa shape index (κ2) is 4.69. The smallest absolute Gasteiger partial charge is 0.187 e. The van der Waals surface area contributed by atoms with Crippen LogP contribution in [0.2, 0.25) is 5.15 Å². The Kier molecular flexibility index (Phi) is 3.47. The van der Waals surface area contributed by atoms with Crippen LogP contribution in [0.5, 0.6) is 0 Å². The van der Waals surface area contributed by atoms with Gasteiger partial charge in [-0.2, -0.15) is 0 Å². The summed E-state index contributed by atoms with van der Waals surface area (Å²) in [5.74, 6) is 0.280. The third-order valence-electron chi connectivity index (χ3n) is 2.88. The molecule has 0 amide bonds. The van der Waals surface area contributed by atoms with Crippen LogP contribution in [0.25, 0.3) is 0 Å². The highest BCUT2D eigenvalue weighted by atomic mass is 35.5. The first-order valence-corrected chi connectivity index (χ1v) is 6.35. The van der Waals surface area contributed by atoms with E-state index in [1.807, 2.05) is 0 Å². The molecule has 1 N–H and O–H groups in total. The van der Waals surface area contributed by atoms with E-state index in [1.165, 1.54) is 11.3 Å². The van der Waals surface area contributed by atoms with Gasteiger partial charge in [-0.05, 0) is 13.3 Å². The van der Waals surface area contributed by atoms with E-state index in [2.05, 4.69) is 9.88 Å². The van der Waals surface area contributed by atoms with Gasteiger partial charge in [-0.25, -0.2) is 4.98 Å². The Morgan fingerprint density at radius 1 is 1.75 bits per heavy atom. The highest BCUT2D eigenvalue weighted by molar-refractivity contribution is 7.17. The third kappa shape index (κ3) is 2.21. The van der Waals surface area contributed by atoms with Crippen LogP contribution in [0.1, 0.15) is 23.0 Å². The first-order valence-electron chi connectivity index (χ1n) is 5.16. The van der Waals surface area contributed by atoms with Crippen molar-refractivity contribution in [2.45, 2.75) is 19.4 Å². The molecule has 0 aromatic carbocycles. The van der Waals surface area contributed by atoms with E-state index in [9.17, 15) is 9.90 Å². The van der Waals surface area contributed by atoms with E-state index >= 15 is 0 Å². The highest BCUT2D eigenvalue weighted by Crippen LogP contribution is 2.32. The van der Waals surface area contributed by atoms with Crippen LogP contribution in [0.3, 0.4) is 0 Å². The van der Waals surface area contributed by atoms with Crippen molar-refractivity contribution in [3.63, 3.8) is 0 Å². The Balaban J connectivity index is 2.11. The third-order valence-corrected chi connectivity index (χ3v) is 4.32. The average Bonchev–Trinajstić information content (AvgIpc) is 2.83. The van der Waals surface area contributed by atoms with Crippen molar-refractivity contribution in [1.82, 2.24) is 4.98 Å². The summed E-state index contributed by atoms with van der Waals surface area (Å²) in [5, 5.41) is 10.5. The first kappa shape index (κ1) is 11.8. The minimum absolute atomic E-state index is 0.274. The van der Waals surface area contributed by atoms with Crippen molar-refractivity contribution in [3.8, 4) is 0 Å². The van der Waals surface area contributed by atoms with Gasteiger partial charge in [0.05, 0.1) is 6.10 Å². The summed E-state index contributed by atoms with van der Waals surface area (Å²) >= 11 is 7.12. The predicted molar refractivity (Wildman–Crippen MR) is 64.5 cm³/mol. The summed E-state index contributed by atoms with van der Waals surface area (Å²) in [4.78, 5) is 17.3. The van der Waals surface area contributed by atoms with Crippen LogP contribution in [-0.2, 0) is 0 Å². The molecule has 1 aliphatic heterocycles. The van der Waals surface area contributed by atoms with Gasteiger partial charge in [-0.1, -0.05) is 22.9 Å². The molecule has 1 aromatic heterocycles. The molecule has 4 nitrogen and oxygen atoms in total. The number of aldehydes is 1. The van der Waals surface area contributed by atoms with Crippen LogP contribution in [0, 0.1) is 5.92 Å². The SMILES string of the molecule is CC(O)C1CCN(c2nc(Cl)c(C=O)s2)C1. The zero-order valence-corrected chi connectivity index (χ0v) is 10.5. The molecule has 0 aliphatic carbocycles. The van der Waals surface area contributed by atoms with Gasteiger partial charge in [0.2, 0.25) is 0 Å². The van der Waals surface area contributed by atoms with Crippen LogP contribution >= 0.6 is 22.9 Å². The minimum Gasteiger partial charge on any atom is -0.393 e. The van der Waals surface area contributed by atoms with E-state index in [0.29, 0.717) is 4.88 Å². The molecule has 0 saturated carbocycles. The number of nitrogens with zero attached hydrogens (tertiary/aromatic N) is 2. The molecule has 1 fully saturated rings. The number of carbonyl (C=O) groups is 1. The van der Waals surface area contributed by atoms with Gasteiger partial charge in [0.25, 0.3) is 0 Å². The van der Waals surface area contributed by atoms with Gasteiger partial charge in [0.15, 0.2) is 16.6 Å². The number of hydrogen-bond acceptors (Lipinski definition) is 5. The number of halogens is 1. The summed E-state index contributed by atoms with van der Waals surface area (Å²) in [5.41, 5.74) is 0.